The lowest BCUT2D eigenvalue weighted by Crippen LogP contribution is -2.42. The number of pyridine rings is 1. The topological polar surface area (TPSA) is 68.3 Å². The Labute approximate surface area is 200 Å². The normalized spacial score (nSPS) is 31.9. The average Bonchev–Trinajstić information content (AvgIpc) is 3.19. The molecule has 1 unspecified atom stereocenters. The van der Waals surface area contributed by atoms with Crippen molar-refractivity contribution in [2.75, 3.05) is 6.54 Å². The van der Waals surface area contributed by atoms with Crippen LogP contribution in [0.5, 0.6) is 0 Å². The van der Waals surface area contributed by atoms with Crippen LogP contribution in [0.4, 0.5) is 0 Å². The van der Waals surface area contributed by atoms with Crippen molar-refractivity contribution in [3.8, 4) is 0 Å². The Hall–Kier alpha value is -3.21. The first-order valence-electron chi connectivity index (χ1n) is 12.3. The lowest BCUT2D eigenvalue weighted by atomic mass is 9.64. The van der Waals surface area contributed by atoms with Gasteiger partial charge in [0, 0.05) is 50.0 Å². The highest BCUT2D eigenvalue weighted by molar-refractivity contribution is 6.00. The van der Waals surface area contributed by atoms with E-state index in [0.29, 0.717) is 31.2 Å². The molecule has 5 heteroatoms. The zero-order valence-electron chi connectivity index (χ0n) is 19.7. The molecule has 4 aliphatic rings. The maximum atomic E-state index is 12.9. The van der Waals surface area contributed by atoms with Gasteiger partial charge in [-0.05, 0) is 58.8 Å². The number of carbonyl (C=O) groups excluding carboxylic acids is 2. The summed E-state index contributed by atoms with van der Waals surface area (Å²) in [5, 5.41) is 5.34. The van der Waals surface area contributed by atoms with Gasteiger partial charge in [-0.3, -0.25) is 14.6 Å². The maximum Gasteiger partial charge on any atom is 0.216 e. The quantitative estimate of drug-likeness (QED) is 0.709. The highest BCUT2D eigenvalue weighted by Crippen LogP contribution is 2.60. The molecule has 1 N–H and O–H groups in total. The molecule has 0 radical (unpaired) electrons. The smallest absolute Gasteiger partial charge is 0.216 e. The van der Waals surface area contributed by atoms with E-state index in [1.165, 1.54) is 23.3 Å². The molecule has 2 heterocycles. The molecule has 0 bridgehead atoms. The molecular formula is C29H30N2O3. The minimum Gasteiger partial charge on any atom is -0.489 e. The van der Waals surface area contributed by atoms with Crippen LogP contribution in [0.25, 0.3) is 10.8 Å². The number of aromatic nitrogens is 1. The molecule has 1 saturated carbocycles. The largest absolute Gasteiger partial charge is 0.489 e. The fourth-order valence-corrected chi connectivity index (χ4v) is 6.77. The number of fused-ring (bicyclic) bond motifs is 4. The molecule has 2 aromatic rings. The molecule has 1 aromatic carbocycles. The highest BCUT2D eigenvalue weighted by Gasteiger charge is 2.53. The molecule has 3 aliphatic carbocycles. The van der Waals surface area contributed by atoms with Gasteiger partial charge in [0.2, 0.25) is 5.91 Å². The Morgan fingerprint density at radius 3 is 2.97 bits per heavy atom. The number of Topliss-reactive ketones (excluding diaryl/α,β-unsaturated/α-hetero) is 1. The SMILES string of the molecule is CC(=O)NCC1CC(=O)C2=C(C1)O[C@@H]1C(=C2)C=C[C@]2(C)[C@@H](c3cccc4cnccc34)CC[C@@H]12. The van der Waals surface area contributed by atoms with Crippen molar-refractivity contribution in [3.63, 3.8) is 0 Å². The van der Waals surface area contributed by atoms with E-state index in [9.17, 15) is 9.59 Å². The van der Waals surface area contributed by atoms with Crippen LogP contribution < -0.4 is 5.32 Å². The third-order valence-electron chi connectivity index (χ3n) is 8.50. The van der Waals surface area contributed by atoms with Crippen molar-refractivity contribution >= 4 is 22.5 Å². The Morgan fingerprint density at radius 2 is 2.12 bits per heavy atom. The number of allylic oxidation sites excluding steroid dienone is 4. The molecule has 0 spiro atoms. The summed E-state index contributed by atoms with van der Waals surface area (Å²) in [7, 11) is 0. The summed E-state index contributed by atoms with van der Waals surface area (Å²) in [6.45, 7) is 4.41. The van der Waals surface area contributed by atoms with Crippen LogP contribution in [0.3, 0.4) is 0 Å². The van der Waals surface area contributed by atoms with Crippen LogP contribution in [0.15, 0.2) is 71.8 Å². The molecule has 1 fully saturated rings. The number of benzene rings is 1. The second-order valence-electron chi connectivity index (χ2n) is 10.5. The summed E-state index contributed by atoms with van der Waals surface area (Å²) in [6.07, 6.45) is 13.8. The molecule has 6 rings (SSSR count). The fourth-order valence-electron chi connectivity index (χ4n) is 6.77. The third-order valence-corrected chi connectivity index (χ3v) is 8.50. The molecule has 5 atom stereocenters. The summed E-state index contributed by atoms with van der Waals surface area (Å²) < 4.78 is 6.67. The van der Waals surface area contributed by atoms with Crippen molar-refractivity contribution in [2.24, 2.45) is 17.3 Å². The summed E-state index contributed by atoms with van der Waals surface area (Å²) in [5.41, 5.74) is 3.22. The number of nitrogens with one attached hydrogen (secondary N) is 1. The van der Waals surface area contributed by atoms with Crippen LogP contribution in [0, 0.1) is 17.3 Å². The molecule has 1 amide bonds. The Morgan fingerprint density at radius 1 is 1.24 bits per heavy atom. The highest BCUT2D eigenvalue weighted by atomic mass is 16.5. The molecule has 0 saturated heterocycles. The average molecular weight is 455 g/mol. The number of rotatable bonds is 3. The van der Waals surface area contributed by atoms with E-state index >= 15 is 0 Å². The predicted octanol–water partition coefficient (Wildman–Crippen LogP) is 5.00. The lowest BCUT2D eigenvalue weighted by Gasteiger charge is -2.45. The first kappa shape index (κ1) is 21.3. The number of hydrogen-bond donors (Lipinski definition) is 1. The summed E-state index contributed by atoms with van der Waals surface area (Å²) in [6, 6.07) is 8.68. The zero-order valence-corrected chi connectivity index (χ0v) is 19.7. The second-order valence-corrected chi connectivity index (χ2v) is 10.5. The number of nitrogens with zero attached hydrogens (tertiary/aromatic N) is 1. The minimum absolute atomic E-state index is 0.0219. The van der Waals surface area contributed by atoms with Crippen LogP contribution in [0.2, 0.25) is 0 Å². The van der Waals surface area contributed by atoms with Crippen molar-refractivity contribution in [1.29, 1.82) is 0 Å². The van der Waals surface area contributed by atoms with E-state index < -0.39 is 0 Å². The van der Waals surface area contributed by atoms with Gasteiger partial charge in [0.25, 0.3) is 0 Å². The molecular weight excluding hydrogens is 424 g/mol. The minimum atomic E-state index is -0.0617. The number of hydrogen-bond acceptors (Lipinski definition) is 4. The van der Waals surface area contributed by atoms with E-state index in [0.717, 1.165) is 29.7 Å². The van der Waals surface area contributed by atoms with Gasteiger partial charge >= 0.3 is 0 Å². The first-order valence-corrected chi connectivity index (χ1v) is 12.3. The van der Waals surface area contributed by atoms with E-state index in [4.69, 9.17) is 4.74 Å². The van der Waals surface area contributed by atoms with Gasteiger partial charge in [-0.2, -0.15) is 0 Å². The number of ether oxygens (including phenoxy) is 1. The number of amides is 1. The molecule has 5 nitrogen and oxygen atoms in total. The van der Waals surface area contributed by atoms with E-state index in [1.807, 2.05) is 12.4 Å². The maximum absolute atomic E-state index is 12.9. The van der Waals surface area contributed by atoms with E-state index in [-0.39, 0.29) is 29.1 Å². The van der Waals surface area contributed by atoms with Gasteiger partial charge in [0.15, 0.2) is 5.78 Å². The zero-order chi connectivity index (χ0) is 23.4. The van der Waals surface area contributed by atoms with Gasteiger partial charge in [0.1, 0.15) is 11.9 Å². The monoisotopic (exact) mass is 454 g/mol. The summed E-state index contributed by atoms with van der Waals surface area (Å²) in [5.74, 6) is 1.73. The third kappa shape index (κ3) is 3.32. The number of ketones is 1. The Kier molecular flexibility index (Phi) is 4.98. The van der Waals surface area contributed by atoms with Crippen LogP contribution in [0.1, 0.15) is 51.0 Å². The fraction of sp³-hybridized carbons (Fsp3) is 0.414. The molecule has 1 aliphatic heterocycles. The van der Waals surface area contributed by atoms with Crippen LogP contribution in [-0.4, -0.2) is 29.3 Å². The summed E-state index contributed by atoms with van der Waals surface area (Å²) in [4.78, 5) is 28.6. The van der Waals surface area contributed by atoms with Gasteiger partial charge in [-0.15, -0.1) is 0 Å². The van der Waals surface area contributed by atoms with Gasteiger partial charge in [-0.1, -0.05) is 37.3 Å². The van der Waals surface area contributed by atoms with Crippen molar-refractivity contribution in [3.05, 3.63) is 77.4 Å². The second kappa shape index (κ2) is 7.93. The van der Waals surface area contributed by atoms with Gasteiger partial charge in [0.05, 0.1) is 5.57 Å². The molecule has 34 heavy (non-hydrogen) atoms. The predicted molar refractivity (Wildman–Crippen MR) is 131 cm³/mol. The Bertz CT molecular complexity index is 1280. The van der Waals surface area contributed by atoms with Gasteiger partial charge in [-0.25, -0.2) is 0 Å². The Balaban J connectivity index is 1.31. The lowest BCUT2D eigenvalue weighted by molar-refractivity contribution is -0.120. The molecule has 1 aromatic heterocycles. The van der Waals surface area contributed by atoms with E-state index in [1.54, 1.807) is 0 Å². The van der Waals surface area contributed by atoms with Crippen molar-refractivity contribution in [2.45, 2.75) is 51.6 Å². The first-order chi connectivity index (χ1) is 16.4. The molecule has 174 valence electrons. The number of carbonyl (C=O) groups is 2. The van der Waals surface area contributed by atoms with Gasteiger partial charge < -0.3 is 10.1 Å². The van der Waals surface area contributed by atoms with E-state index in [2.05, 4.69) is 59.7 Å². The summed E-state index contributed by atoms with van der Waals surface area (Å²) >= 11 is 0. The standard InChI is InChI=1S/C29H30N2O3/c1-17(32)31-15-18-12-26(33)23-14-19-8-10-29(2)24(6-7-25(29)28(19)34-27(23)13-18)22-5-3-4-20-16-30-11-9-21(20)22/h3-5,8-11,14,16,18,24-25,28H,6-7,12-13,15H2,1-2H3,(H,31,32)/t18?,24-,25+,28-,29-/m1/s1. The van der Waals surface area contributed by atoms with Crippen molar-refractivity contribution < 1.29 is 14.3 Å². The van der Waals surface area contributed by atoms with Crippen LogP contribution in [-0.2, 0) is 14.3 Å². The van der Waals surface area contributed by atoms with Crippen molar-refractivity contribution in [1.82, 2.24) is 10.3 Å². The van der Waals surface area contributed by atoms with Crippen LogP contribution >= 0.6 is 0 Å².